The van der Waals surface area contributed by atoms with Crippen molar-refractivity contribution in [3.8, 4) is 27.8 Å². The number of pyridine rings is 1. The molecule has 9 heteroatoms. The maximum atomic E-state index is 12.9. The minimum Gasteiger partial charge on any atom is -0.458 e. The molecule has 0 aliphatic heterocycles. The van der Waals surface area contributed by atoms with E-state index in [4.69, 9.17) is 24.4 Å². The number of aromatic nitrogens is 1. The van der Waals surface area contributed by atoms with Crippen LogP contribution in [0.3, 0.4) is 0 Å². The Bertz CT molecular complexity index is 1350. The first-order valence-corrected chi connectivity index (χ1v) is 11.9. The molecule has 0 saturated heterocycles. The highest BCUT2D eigenvalue weighted by molar-refractivity contribution is 7.13. The second-order valence-corrected chi connectivity index (χ2v) is 8.57. The zero-order valence-corrected chi connectivity index (χ0v) is 20.3. The zero-order chi connectivity index (χ0) is 25.5. The molecule has 0 aliphatic carbocycles. The summed E-state index contributed by atoms with van der Waals surface area (Å²) in [7, 11) is 0. The molecule has 36 heavy (non-hydrogen) atoms. The van der Waals surface area contributed by atoms with E-state index < -0.39 is 18.0 Å². The van der Waals surface area contributed by atoms with Crippen molar-refractivity contribution in [1.29, 1.82) is 0 Å². The number of nitrogens with two attached hydrogens (primary N) is 1. The van der Waals surface area contributed by atoms with Gasteiger partial charge in [-0.25, -0.2) is 9.78 Å². The molecule has 8 nitrogen and oxygen atoms in total. The number of thiophene rings is 1. The van der Waals surface area contributed by atoms with E-state index in [1.165, 1.54) is 24.3 Å². The molecule has 0 aliphatic rings. The van der Waals surface area contributed by atoms with Crippen molar-refractivity contribution in [2.24, 2.45) is 0 Å². The molecule has 0 amide bonds. The smallest absolute Gasteiger partial charge is 0.352 e. The third kappa shape index (κ3) is 5.81. The van der Waals surface area contributed by atoms with Gasteiger partial charge in [0.05, 0.1) is 10.6 Å². The lowest BCUT2D eigenvalue weighted by Gasteiger charge is -2.20. The largest absolute Gasteiger partial charge is 0.458 e. The van der Waals surface area contributed by atoms with Crippen molar-refractivity contribution in [3.05, 3.63) is 90.0 Å². The van der Waals surface area contributed by atoms with Crippen LogP contribution in [-0.2, 0) is 25.7 Å². The van der Waals surface area contributed by atoms with Crippen molar-refractivity contribution in [2.75, 3.05) is 12.3 Å². The summed E-state index contributed by atoms with van der Waals surface area (Å²) in [6, 6.07) is 18.0. The van der Waals surface area contributed by atoms with Gasteiger partial charge in [-0.05, 0) is 29.6 Å². The summed E-state index contributed by atoms with van der Waals surface area (Å²) in [6.45, 7) is 4.94. The summed E-state index contributed by atoms with van der Waals surface area (Å²) < 4.78 is 22.3. The first-order chi connectivity index (χ1) is 17.5. The van der Waals surface area contributed by atoms with Gasteiger partial charge < -0.3 is 24.4 Å². The molecule has 0 saturated carbocycles. The predicted octanol–water partition coefficient (Wildman–Crippen LogP) is 5.56. The minimum absolute atomic E-state index is 0.00726. The Balaban J connectivity index is 1.76. The van der Waals surface area contributed by atoms with Crippen LogP contribution in [0.4, 0.5) is 5.69 Å². The quantitative estimate of drug-likeness (QED) is 0.220. The van der Waals surface area contributed by atoms with Crippen molar-refractivity contribution in [3.63, 3.8) is 0 Å². The lowest BCUT2D eigenvalue weighted by molar-refractivity contribution is -0.151. The number of carbonyl (C=O) groups excluding carboxylic acids is 2. The standard InChI is InChI=1S/C27H24N2O6S/c1-3-13-32-27(31)25(18-8-5-4-6-9-18)35-26-24(28)20(15-21(29-26)23-10-7-14-36-23)22-12-11-19(34-22)16-33-17(2)30/h3-12,14-15,25H,1,13,16,28H2,2H3. The summed E-state index contributed by atoms with van der Waals surface area (Å²) >= 11 is 1.49. The average Bonchev–Trinajstić information content (AvgIpc) is 3.59. The van der Waals surface area contributed by atoms with Crippen molar-refractivity contribution >= 4 is 29.0 Å². The lowest BCUT2D eigenvalue weighted by Crippen LogP contribution is -2.22. The second kappa shape index (κ2) is 11.4. The van der Waals surface area contributed by atoms with E-state index in [1.54, 1.807) is 42.5 Å². The molecule has 0 radical (unpaired) electrons. The highest BCUT2D eigenvalue weighted by Gasteiger charge is 2.27. The Morgan fingerprint density at radius 3 is 2.64 bits per heavy atom. The molecule has 3 aromatic heterocycles. The average molecular weight is 505 g/mol. The number of hydrogen-bond acceptors (Lipinski definition) is 9. The SMILES string of the molecule is C=CCOC(=O)C(Oc1nc(-c2cccs2)cc(-c2ccc(COC(C)=O)o2)c1N)c1ccccc1. The van der Waals surface area contributed by atoms with Gasteiger partial charge in [0.25, 0.3) is 0 Å². The van der Waals surface area contributed by atoms with Crippen LogP contribution in [0, 0.1) is 0 Å². The van der Waals surface area contributed by atoms with Crippen molar-refractivity contribution < 1.29 is 28.2 Å². The summed E-state index contributed by atoms with van der Waals surface area (Å²) in [6.07, 6.45) is 0.371. The van der Waals surface area contributed by atoms with Gasteiger partial charge in [0, 0.05) is 18.1 Å². The first kappa shape index (κ1) is 24.7. The molecule has 0 bridgehead atoms. The van der Waals surface area contributed by atoms with Gasteiger partial charge in [-0.15, -0.1) is 11.3 Å². The van der Waals surface area contributed by atoms with Crippen LogP contribution in [0.15, 0.2) is 83.1 Å². The molecule has 4 rings (SSSR count). The van der Waals surface area contributed by atoms with Crippen LogP contribution < -0.4 is 10.5 Å². The number of ether oxygens (including phenoxy) is 3. The van der Waals surface area contributed by atoms with E-state index in [-0.39, 0.29) is 24.8 Å². The van der Waals surface area contributed by atoms with E-state index in [9.17, 15) is 9.59 Å². The molecule has 0 fully saturated rings. The molecule has 1 unspecified atom stereocenters. The van der Waals surface area contributed by atoms with E-state index in [0.29, 0.717) is 28.3 Å². The maximum absolute atomic E-state index is 12.9. The number of anilines is 1. The van der Waals surface area contributed by atoms with Crippen molar-refractivity contribution in [1.82, 2.24) is 4.98 Å². The van der Waals surface area contributed by atoms with Crippen LogP contribution in [0.25, 0.3) is 21.9 Å². The van der Waals surface area contributed by atoms with Gasteiger partial charge in [-0.1, -0.05) is 49.1 Å². The van der Waals surface area contributed by atoms with Crippen LogP contribution in [0.5, 0.6) is 5.88 Å². The number of esters is 2. The van der Waals surface area contributed by atoms with E-state index in [1.807, 2.05) is 23.6 Å². The molecule has 4 aromatic rings. The molecular formula is C27H24N2O6S. The Hall–Kier alpha value is -4.37. The Kier molecular flexibility index (Phi) is 7.82. The van der Waals surface area contributed by atoms with Crippen LogP contribution in [0.1, 0.15) is 24.4 Å². The molecule has 1 aromatic carbocycles. The fourth-order valence-corrected chi connectivity index (χ4v) is 4.04. The highest BCUT2D eigenvalue weighted by Crippen LogP contribution is 2.39. The van der Waals surface area contributed by atoms with Crippen LogP contribution in [-0.4, -0.2) is 23.5 Å². The van der Waals surface area contributed by atoms with Gasteiger partial charge in [0.2, 0.25) is 12.0 Å². The number of rotatable bonds is 10. The molecular weight excluding hydrogens is 480 g/mol. The third-order valence-corrected chi connectivity index (χ3v) is 5.92. The van der Waals surface area contributed by atoms with Crippen LogP contribution in [0.2, 0.25) is 0 Å². The van der Waals surface area contributed by atoms with Crippen molar-refractivity contribution in [2.45, 2.75) is 19.6 Å². The summed E-state index contributed by atoms with van der Waals surface area (Å²) in [5.74, 6) is -0.0791. The molecule has 2 N–H and O–H groups in total. The number of nitrogens with zero attached hydrogens (tertiary/aromatic N) is 1. The van der Waals surface area contributed by atoms with E-state index in [2.05, 4.69) is 11.6 Å². The summed E-state index contributed by atoms with van der Waals surface area (Å²) in [4.78, 5) is 29.5. The lowest BCUT2D eigenvalue weighted by atomic mass is 10.1. The number of benzene rings is 1. The number of furan rings is 1. The van der Waals surface area contributed by atoms with E-state index >= 15 is 0 Å². The fourth-order valence-electron chi connectivity index (χ4n) is 3.36. The summed E-state index contributed by atoms with van der Waals surface area (Å²) in [5.41, 5.74) is 8.37. The van der Waals surface area contributed by atoms with Gasteiger partial charge in [-0.3, -0.25) is 4.79 Å². The number of nitrogen functional groups attached to an aromatic ring is 1. The normalized spacial score (nSPS) is 11.5. The Morgan fingerprint density at radius 1 is 1.14 bits per heavy atom. The molecule has 3 heterocycles. The highest BCUT2D eigenvalue weighted by atomic mass is 32.1. The summed E-state index contributed by atoms with van der Waals surface area (Å²) in [5, 5.41) is 1.93. The zero-order valence-electron chi connectivity index (χ0n) is 19.5. The predicted molar refractivity (Wildman–Crippen MR) is 136 cm³/mol. The topological polar surface area (TPSA) is 114 Å². The Labute approximate surface area is 211 Å². The van der Waals surface area contributed by atoms with E-state index in [0.717, 1.165) is 4.88 Å². The Morgan fingerprint density at radius 2 is 1.94 bits per heavy atom. The van der Waals surface area contributed by atoms with Gasteiger partial charge in [-0.2, -0.15) is 0 Å². The second-order valence-electron chi connectivity index (χ2n) is 7.62. The third-order valence-electron chi connectivity index (χ3n) is 5.03. The number of hydrogen-bond donors (Lipinski definition) is 1. The molecule has 184 valence electrons. The fraction of sp³-hybridized carbons (Fsp3) is 0.148. The monoisotopic (exact) mass is 504 g/mol. The number of carbonyl (C=O) groups is 2. The van der Waals surface area contributed by atoms with Gasteiger partial charge in [0.1, 0.15) is 30.4 Å². The molecule has 1 atom stereocenters. The van der Waals surface area contributed by atoms with Gasteiger partial charge in [0.15, 0.2) is 0 Å². The van der Waals surface area contributed by atoms with Crippen LogP contribution >= 0.6 is 11.3 Å². The maximum Gasteiger partial charge on any atom is 0.352 e. The first-order valence-electron chi connectivity index (χ1n) is 11.0. The minimum atomic E-state index is -1.11. The molecule has 0 spiro atoms. The van der Waals surface area contributed by atoms with Gasteiger partial charge >= 0.3 is 11.9 Å².